The van der Waals surface area contributed by atoms with Gasteiger partial charge in [-0.05, 0) is 31.2 Å². The van der Waals surface area contributed by atoms with E-state index in [1.807, 2.05) is 12.1 Å². The molecule has 0 bridgehead atoms. The molecule has 1 heterocycles. The van der Waals surface area contributed by atoms with Crippen LogP contribution in [0.25, 0.3) is 0 Å². The SMILES string of the molecule is CNC(C(=O)O)C(=O)NCCc1ccncc1. The van der Waals surface area contributed by atoms with E-state index in [1.54, 1.807) is 12.4 Å². The minimum absolute atomic E-state index is 0.397. The van der Waals surface area contributed by atoms with Crippen LogP contribution in [0.5, 0.6) is 0 Å². The lowest BCUT2D eigenvalue weighted by atomic mass is 10.2. The van der Waals surface area contributed by atoms with Gasteiger partial charge in [-0.3, -0.25) is 15.1 Å². The van der Waals surface area contributed by atoms with Gasteiger partial charge in [0.1, 0.15) is 0 Å². The van der Waals surface area contributed by atoms with E-state index in [-0.39, 0.29) is 0 Å². The maximum absolute atomic E-state index is 11.4. The number of likely N-dealkylation sites (N-methyl/N-ethyl adjacent to an activating group) is 1. The monoisotopic (exact) mass is 237 g/mol. The van der Waals surface area contributed by atoms with Gasteiger partial charge in [-0.2, -0.15) is 0 Å². The highest BCUT2D eigenvalue weighted by Crippen LogP contribution is 1.96. The Morgan fingerprint density at radius 2 is 2.06 bits per heavy atom. The van der Waals surface area contributed by atoms with Gasteiger partial charge < -0.3 is 10.4 Å². The Bertz CT molecular complexity index is 381. The Kier molecular flexibility index (Phi) is 5.09. The van der Waals surface area contributed by atoms with Crippen molar-refractivity contribution in [3.63, 3.8) is 0 Å². The van der Waals surface area contributed by atoms with Gasteiger partial charge in [0.25, 0.3) is 0 Å². The van der Waals surface area contributed by atoms with Crippen LogP contribution in [0.4, 0.5) is 0 Å². The normalized spacial score (nSPS) is 11.8. The fourth-order valence-corrected chi connectivity index (χ4v) is 1.35. The summed E-state index contributed by atoms with van der Waals surface area (Å²) in [7, 11) is 1.43. The van der Waals surface area contributed by atoms with Gasteiger partial charge in [0.05, 0.1) is 0 Å². The molecule has 1 aromatic rings. The van der Waals surface area contributed by atoms with Crippen molar-refractivity contribution in [2.75, 3.05) is 13.6 Å². The molecule has 1 rings (SSSR count). The maximum Gasteiger partial charge on any atom is 0.330 e. The first-order valence-corrected chi connectivity index (χ1v) is 5.22. The van der Waals surface area contributed by atoms with Crippen molar-refractivity contribution in [3.8, 4) is 0 Å². The van der Waals surface area contributed by atoms with Gasteiger partial charge >= 0.3 is 5.97 Å². The molecule has 17 heavy (non-hydrogen) atoms. The number of carboxylic acid groups (broad SMARTS) is 1. The highest BCUT2D eigenvalue weighted by molar-refractivity contribution is 6.01. The van der Waals surface area contributed by atoms with Crippen molar-refractivity contribution in [2.24, 2.45) is 0 Å². The number of nitrogens with one attached hydrogen (secondary N) is 2. The van der Waals surface area contributed by atoms with E-state index in [2.05, 4.69) is 15.6 Å². The molecule has 0 spiro atoms. The number of carbonyl (C=O) groups is 2. The number of hydrogen-bond acceptors (Lipinski definition) is 4. The van der Waals surface area contributed by atoms with Crippen molar-refractivity contribution in [1.82, 2.24) is 15.6 Å². The van der Waals surface area contributed by atoms with E-state index in [0.29, 0.717) is 13.0 Å². The van der Waals surface area contributed by atoms with Crippen LogP contribution in [0.2, 0.25) is 0 Å². The molecule has 0 radical (unpaired) electrons. The zero-order valence-corrected chi connectivity index (χ0v) is 9.51. The molecule has 0 aromatic carbocycles. The van der Waals surface area contributed by atoms with Crippen LogP contribution in [-0.4, -0.2) is 41.6 Å². The third kappa shape index (κ3) is 4.20. The summed E-state index contributed by atoms with van der Waals surface area (Å²) in [6.45, 7) is 0.397. The smallest absolute Gasteiger partial charge is 0.330 e. The molecule has 0 saturated carbocycles. The summed E-state index contributed by atoms with van der Waals surface area (Å²) in [6.07, 6.45) is 3.99. The molecule has 0 aliphatic rings. The predicted molar refractivity (Wildman–Crippen MR) is 61.4 cm³/mol. The van der Waals surface area contributed by atoms with E-state index in [1.165, 1.54) is 7.05 Å². The van der Waals surface area contributed by atoms with Crippen molar-refractivity contribution in [3.05, 3.63) is 30.1 Å². The van der Waals surface area contributed by atoms with E-state index in [4.69, 9.17) is 5.11 Å². The standard InChI is InChI=1S/C11H15N3O3/c1-12-9(11(16)17)10(15)14-7-4-8-2-5-13-6-3-8/h2-3,5-6,9,12H,4,7H2,1H3,(H,14,15)(H,16,17). The minimum atomic E-state index is -1.20. The van der Waals surface area contributed by atoms with Gasteiger partial charge in [-0.1, -0.05) is 0 Å². The Labute approximate surface area is 99.1 Å². The van der Waals surface area contributed by atoms with Crippen molar-refractivity contribution in [2.45, 2.75) is 12.5 Å². The number of carboxylic acids is 1. The molecule has 0 aliphatic heterocycles. The molecule has 6 nitrogen and oxygen atoms in total. The first-order valence-electron chi connectivity index (χ1n) is 5.22. The van der Waals surface area contributed by atoms with Crippen LogP contribution in [0, 0.1) is 0 Å². The molecule has 0 saturated heterocycles. The average molecular weight is 237 g/mol. The van der Waals surface area contributed by atoms with E-state index >= 15 is 0 Å². The average Bonchev–Trinajstić information content (AvgIpc) is 2.30. The van der Waals surface area contributed by atoms with E-state index < -0.39 is 17.9 Å². The second-order valence-electron chi connectivity index (χ2n) is 3.46. The number of carbonyl (C=O) groups excluding carboxylic acids is 1. The molecular weight excluding hydrogens is 222 g/mol. The summed E-state index contributed by atoms with van der Waals surface area (Å²) in [5.41, 5.74) is 1.04. The summed E-state index contributed by atoms with van der Waals surface area (Å²) in [6, 6.07) is 2.49. The van der Waals surface area contributed by atoms with Crippen molar-refractivity contribution < 1.29 is 14.7 Å². The lowest BCUT2D eigenvalue weighted by molar-refractivity contribution is -0.143. The van der Waals surface area contributed by atoms with Gasteiger partial charge in [0.2, 0.25) is 5.91 Å². The second kappa shape index (κ2) is 6.59. The van der Waals surface area contributed by atoms with Gasteiger partial charge in [0, 0.05) is 18.9 Å². The molecule has 0 fully saturated rings. The number of rotatable bonds is 6. The van der Waals surface area contributed by atoms with Crippen molar-refractivity contribution in [1.29, 1.82) is 0 Å². The lowest BCUT2D eigenvalue weighted by Gasteiger charge is -2.11. The highest BCUT2D eigenvalue weighted by atomic mass is 16.4. The molecule has 1 atom stereocenters. The lowest BCUT2D eigenvalue weighted by Crippen LogP contribution is -2.48. The fourth-order valence-electron chi connectivity index (χ4n) is 1.35. The topological polar surface area (TPSA) is 91.3 Å². The zero-order chi connectivity index (χ0) is 12.7. The van der Waals surface area contributed by atoms with E-state index in [9.17, 15) is 9.59 Å². The second-order valence-corrected chi connectivity index (χ2v) is 3.46. The summed E-state index contributed by atoms with van der Waals surface area (Å²) in [4.78, 5) is 26.0. The molecule has 92 valence electrons. The zero-order valence-electron chi connectivity index (χ0n) is 9.51. The molecule has 1 amide bonds. The summed E-state index contributed by atoms with van der Waals surface area (Å²) >= 11 is 0. The van der Waals surface area contributed by atoms with Crippen LogP contribution in [-0.2, 0) is 16.0 Å². The number of aliphatic carboxylic acids is 1. The van der Waals surface area contributed by atoms with Crippen LogP contribution in [0.1, 0.15) is 5.56 Å². The van der Waals surface area contributed by atoms with Crippen LogP contribution < -0.4 is 10.6 Å². The predicted octanol–water partition coefficient (Wildman–Crippen LogP) is -0.587. The Balaban J connectivity index is 2.36. The quantitative estimate of drug-likeness (QED) is 0.575. The number of nitrogens with zero attached hydrogens (tertiary/aromatic N) is 1. The Hall–Kier alpha value is -1.95. The number of hydrogen-bond donors (Lipinski definition) is 3. The fraction of sp³-hybridized carbons (Fsp3) is 0.364. The third-order valence-corrected chi connectivity index (χ3v) is 2.26. The Morgan fingerprint density at radius 1 is 1.41 bits per heavy atom. The minimum Gasteiger partial charge on any atom is -0.480 e. The van der Waals surface area contributed by atoms with Crippen LogP contribution in [0.3, 0.4) is 0 Å². The number of amides is 1. The summed E-state index contributed by atoms with van der Waals surface area (Å²) in [5, 5.41) is 13.7. The number of pyridine rings is 1. The molecule has 1 unspecified atom stereocenters. The van der Waals surface area contributed by atoms with Gasteiger partial charge in [-0.25, -0.2) is 4.79 Å². The van der Waals surface area contributed by atoms with Gasteiger partial charge in [0.15, 0.2) is 6.04 Å². The summed E-state index contributed by atoms with van der Waals surface area (Å²) in [5.74, 6) is -1.72. The first-order chi connectivity index (χ1) is 8.15. The Morgan fingerprint density at radius 3 is 2.59 bits per heavy atom. The third-order valence-electron chi connectivity index (χ3n) is 2.26. The number of aromatic nitrogens is 1. The maximum atomic E-state index is 11.4. The highest BCUT2D eigenvalue weighted by Gasteiger charge is 2.23. The molecule has 1 aromatic heterocycles. The van der Waals surface area contributed by atoms with Crippen molar-refractivity contribution >= 4 is 11.9 Å². The van der Waals surface area contributed by atoms with E-state index in [0.717, 1.165) is 5.56 Å². The van der Waals surface area contributed by atoms with Crippen LogP contribution >= 0.6 is 0 Å². The molecule has 0 aliphatic carbocycles. The summed E-state index contributed by atoms with van der Waals surface area (Å²) < 4.78 is 0. The van der Waals surface area contributed by atoms with Crippen LogP contribution in [0.15, 0.2) is 24.5 Å². The molecular formula is C11H15N3O3. The molecule has 6 heteroatoms. The van der Waals surface area contributed by atoms with Gasteiger partial charge in [-0.15, -0.1) is 0 Å². The first kappa shape index (κ1) is 13.1. The largest absolute Gasteiger partial charge is 0.480 e. The molecule has 3 N–H and O–H groups in total.